The Morgan fingerprint density at radius 3 is 1.90 bits per heavy atom. The van der Waals surface area contributed by atoms with Crippen molar-refractivity contribution in [3.8, 4) is 0 Å². The zero-order chi connectivity index (χ0) is 14.3. The van der Waals surface area contributed by atoms with Crippen molar-refractivity contribution in [1.82, 2.24) is 0 Å². The van der Waals surface area contributed by atoms with Gasteiger partial charge in [-0.1, -0.05) is 57.5 Å². The lowest BCUT2D eigenvalue weighted by Gasteiger charge is -2.34. The van der Waals surface area contributed by atoms with Crippen LogP contribution in [0.1, 0.15) is 13.8 Å². The highest BCUT2D eigenvalue weighted by atomic mass is 79.9. The van der Waals surface area contributed by atoms with Crippen LogP contribution in [0.15, 0.2) is 55.1 Å². The van der Waals surface area contributed by atoms with Crippen molar-refractivity contribution >= 4 is 55.0 Å². The van der Waals surface area contributed by atoms with E-state index in [1.54, 1.807) is 0 Å². The van der Waals surface area contributed by atoms with Gasteiger partial charge < -0.3 is 4.90 Å². The van der Waals surface area contributed by atoms with Crippen LogP contribution in [-0.4, -0.2) is 6.54 Å². The molecule has 0 aliphatic carbocycles. The highest BCUT2D eigenvalue weighted by Crippen LogP contribution is 2.49. The van der Waals surface area contributed by atoms with Crippen molar-refractivity contribution in [3.63, 3.8) is 0 Å². The van der Waals surface area contributed by atoms with Crippen LogP contribution in [0.2, 0.25) is 0 Å². The van der Waals surface area contributed by atoms with E-state index >= 15 is 0 Å². The third kappa shape index (κ3) is 2.78. The number of hydrogen-bond donors (Lipinski definition) is 0. The predicted molar refractivity (Wildman–Crippen MR) is 94.3 cm³/mol. The second kappa shape index (κ2) is 5.74. The van der Waals surface area contributed by atoms with Gasteiger partial charge in [0.15, 0.2) is 0 Å². The van der Waals surface area contributed by atoms with E-state index in [1.807, 2.05) is 11.8 Å². The smallest absolute Gasteiger partial charge is 0.0553 e. The summed E-state index contributed by atoms with van der Waals surface area (Å²) >= 11 is 8.99. The topological polar surface area (TPSA) is 3.24 Å². The van der Waals surface area contributed by atoms with E-state index in [1.165, 1.54) is 21.2 Å². The molecule has 3 rings (SSSR count). The molecular weight excluding hydrogens is 398 g/mol. The van der Waals surface area contributed by atoms with Crippen LogP contribution in [0.4, 0.5) is 11.4 Å². The Labute approximate surface area is 141 Å². The standard InChI is InChI=1S/C16H15Br2NS/c1-10(2)9-19-13-5-3-11(17)7-15(13)20-16-8-12(18)4-6-14(16)19/h3-8,10H,9H2,1-2H3. The van der Waals surface area contributed by atoms with Crippen molar-refractivity contribution in [3.05, 3.63) is 45.3 Å². The summed E-state index contributed by atoms with van der Waals surface area (Å²) in [5.41, 5.74) is 2.61. The lowest BCUT2D eigenvalue weighted by Crippen LogP contribution is -2.25. The highest BCUT2D eigenvalue weighted by molar-refractivity contribution is 9.10. The lowest BCUT2D eigenvalue weighted by molar-refractivity contribution is 0.647. The van der Waals surface area contributed by atoms with Gasteiger partial charge in [0.1, 0.15) is 0 Å². The minimum Gasteiger partial charge on any atom is -0.339 e. The Kier molecular flexibility index (Phi) is 4.16. The normalized spacial score (nSPS) is 13.3. The van der Waals surface area contributed by atoms with Crippen LogP contribution < -0.4 is 4.90 Å². The Balaban J connectivity index is 2.13. The van der Waals surface area contributed by atoms with Crippen LogP contribution in [0.5, 0.6) is 0 Å². The molecule has 20 heavy (non-hydrogen) atoms. The molecule has 2 aromatic rings. The van der Waals surface area contributed by atoms with Gasteiger partial charge in [0.05, 0.1) is 11.4 Å². The van der Waals surface area contributed by atoms with E-state index in [-0.39, 0.29) is 0 Å². The molecule has 2 aromatic carbocycles. The van der Waals surface area contributed by atoms with Crippen LogP contribution in [0.3, 0.4) is 0 Å². The van der Waals surface area contributed by atoms with E-state index in [2.05, 4.69) is 87.0 Å². The van der Waals surface area contributed by atoms with E-state index in [0.29, 0.717) is 5.92 Å². The first-order chi connectivity index (χ1) is 9.54. The van der Waals surface area contributed by atoms with Crippen molar-refractivity contribution in [2.24, 2.45) is 5.92 Å². The molecule has 1 aliphatic heterocycles. The van der Waals surface area contributed by atoms with Crippen LogP contribution >= 0.6 is 43.6 Å². The van der Waals surface area contributed by atoms with Gasteiger partial charge in [-0.15, -0.1) is 0 Å². The van der Waals surface area contributed by atoms with Gasteiger partial charge in [-0.3, -0.25) is 0 Å². The molecule has 0 aromatic heterocycles. The van der Waals surface area contributed by atoms with E-state index in [9.17, 15) is 0 Å². The zero-order valence-electron chi connectivity index (χ0n) is 11.4. The number of hydrogen-bond acceptors (Lipinski definition) is 2. The molecular formula is C16H15Br2NS. The number of rotatable bonds is 2. The van der Waals surface area contributed by atoms with E-state index in [0.717, 1.165) is 15.5 Å². The third-order valence-corrected chi connectivity index (χ3v) is 5.27. The van der Waals surface area contributed by atoms with Crippen molar-refractivity contribution in [2.75, 3.05) is 11.4 Å². The molecule has 1 nitrogen and oxygen atoms in total. The number of anilines is 2. The zero-order valence-corrected chi connectivity index (χ0v) is 15.3. The number of benzene rings is 2. The van der Waals surface area contributed by atoms with Crippen LogP contribution in [-0.2, 0) is 0 Å². The van der Waals surface area contributed by atoms with Gasteiger partial charge in [0.25, 0.3) is 0 Å². The summed E-state index contributed by atoms with van der Waals surface area (Å²) in [4.78, 5) is 5.06. The summed E-state index contributed by atoms with van der Waals surface area (Å²) in [6.45, 7) is 5.56. The fraction of sp³-hybridized carbons (Fsp3) is 0.250. The molecule has 1 heterocycles. The number of halogens is 2. The molecule has 0 spiro atoms. The predicted octanol–water partition coefficient (Wildman–Crippen LogP) is 6.47. The molecule has 0 radical (unpaired) electrons. The molecule has 0 fully saturated rings. The molecule has 0 bridgehead atoms. The van der Waals surface area contributed by atoms with Gasteiger partial charge in [-0.2, -0.15) is 0 Å². The molecule has 0 saturated carbocycles. The Hall–Kier alpha value is -0.450. The van der Waals surface area contributed by atoms with Crippen LogP contribution in [0.25, 0.3) is 0 Å². The Morgan fingerprint density at radius 2 is 1.45 bits per heavy atom. The SMILES string of the molecule is CC(C)CN1c2ccc(Br)cc2Sc2cc(Br)ccc21. The number of nitrogens with zero attached hydrogens (tertiary/aromatic N) is 1. The quantitative estimate of drug-likeness (QED) is 0.555. The first-order valence-corrected chi connectivity index (χ1v) is 8.99. The van der Waals surface area contributed by atoms with Crippen molar-refractivity contribution in [1.29, 1.82) is 0 Å². The molecule has 104 valence electrons. The van der Waals surface area contributed by atoms with Crippen LogP contribution in [0, 0.1) is 5.92 Å². The number of fused-ring (bicyclic) bond motifs is 2. The van der Waals surface area contributed by atoms with Gasteiger partial charge >= 0.3 is 0 Å². The minimum atomic E-state index is 0.617. The molecule has 4 heteroatoms. The first-order valence-electron chi connectivity index (χ1n) is 6.59. The fourth-order valence-corrected chi connectivity index (χ4v) is 4.60. The van der Waals surface area contributed by atoms with Crippen molar-refractivity contribution in [2.45, 2.75) is 23.6 Å². The fourth-order valence-electron chi connectivity index (χ4n) is 2.40. The summed E-state index contributed by atoms with van der Waals surface area (Å²) in [6, 6.07) is 13.1. The minimum absolute atomic E-state index is 0.617. The maximum absolute atomic E-state index is 3.57. The Morgan fingerprint density at radius 1 is 0.950 bits per heavy atom. The molecule has 0 atom stereocenters. The van der Waals surface area contributed by atoms with Gasteiger partial charge in [0, 0.05) is 25.3 Å². The van der Waals surface area contributed by atoms with Gasteiger partial charge in [-0.25, -0.2) is 0 Å². The lowest BCUT2D eigenvalue weighted by atomic mass is 10.1. The summed E-state index contributed by atoms with van der Waals surface area (Å²) < 4.78 is 2.26. The Bertz CT molecular complexity index is 603. The summed E-state index contributed by atoms with van der Waals surface area (Å²) in [7, 11) is 0. The second-order valence-corrected chi connectivity index (χ2v) is 8.25. The van der Waals surface area contributed by atoms with Gasteiger partial charge in [-0.05, 0) is 42.3 Å². The average molecular weight is 413 g/mol. The molecule has 0 unspecified atom stereocenters. The summed E-state index contributed by atoms with van der Waals surface area (Å²) in [5, 5.41) is 0. The maximum atomic E-state index is 3.57. The average Bonchev–Trinajstić information content (AvgIpc) is 2.37. The molecule has 0 N–H and O–H groups in total. The molecule has 1 aliphatic rings. The van der Waals surface area contributed by atoms with E-state index in [4.69, 9.17) is 0 Å². The summed E-state index contributed by atoms with van der Waals surface area (Å²) in [5.74, 6) is 0.617. The highest BCUT2D eigenvalue weighted by Gasteiger charge is 2.24. The summed E-state index contributed by atoms with van der Waals surface area (Å²) in [6.07, 6.45) is 0. The van der Waals surface area contributed by atoms with Gasteiger partial charge in [0.2, 0.25) is 0 Å². The largest absolute Gasteiger partial charge is 0.339 e. The molecule has 0 amide bonds. The monoisotopic (exact) mass is 411 g/mol. The second-order valence-electron chi connectivity index (χ2n) is 5.33. The third-order valence-electron chi connectivity index (χ3n) is 3.19. The first kappa shape index (κ1) is 14.5. The van der Waals surface area contributed by atoms with Crippen molar-refractivity contribution < 1.29 is 0 Å². The van der Waals surface area contributed by atoms with E-state index < -0.39 is 0 Å². The maximum Gasteiger partial charge on any atom is 0.0553 e. The molecule has 0 saturated heterocycles.